The second-order valence-corrected chi connectivity index (χ2v) is 10.6. The van der Waals surface area contributed by atoms with Gasteiger partial charge < -0.3 is 5.73 Å². The van der Waals surface area contributed by atoms with E-state index in [9.17, 15) is 13.2 Å². The zero-order chi connectivity index (χ0) is 19.2. The van der Waals surface area contributed by atoms with Gasteiger partial charge in [-0.15, -0.1) is 11.3 Å². The molecule has 0 aromatic carbocycles. The van der Waals surface area contributed by atoms with Crippen LogP contribution < -0.4 is 5.73 Å². The highest BCUT2D eigenvalue weighted by Crippen LogP contribution is 2.35. The summed E-state index contributed by atoms with van der Waals surface area (Å²) in [6.45, 7) is 1.99. The maximum absolute atomic E-state index is 12.8. The number of aromatic nitrogens is 2. The lowest BCUT2D eigenvalue weighted by Crippen LogP contribution is -2.42. The van der Waals surface area contributed by atoms with Gasteiger partial charge in [0.05, 0.1) is 28.1 Å². The molecule has 2 N–H and O–H groups in total. The Morgan fingerprint density at radius 1 is 1.37 bits per heavy atom. The fourth-order valence-corrected chi connectivity index (χ4v) is 6.46. The van der Waals surface area contributed by atoms with E-state index in [1.54, 1.807) is 4.52 Å². The van der Waals surface area contributed by atoms with Crippen molar-refractivity contribution < 1.29 is 13.2 Å². The first-order valence-corrected chi connectivity index (χ1v) is 11.5. The average Bonchev–Trinajstić information content (AvgIpc) is 3.21. The molecule has 1 aliphatic heterocycles. The van der Waals surface area contributed by atoms with Crippen LogP contribution in [0.2, 0.25) is 0 Å². The highest BCUT2D eigenvalue weighted by molar-refractivity contribution is 7.91. The molecule has 0 aliphatic carbocycles. The Bertz CT molecular complexity index is 1110. The first-order valence-electron chi connectivity index (χ1n) is 8.86. The van der Waals surface area contributed by atoms with E-state index >= 15 is 0 Å². The molecule has 4 rings (SSSR count). The lowest BCUT2D eigenvalue weighted by Gasteiger charge is -2.27. The summed E-state index contributed by atoms with van der Waals surface area (Å²) in [7, 11) is -3.10. The molecule has 27 heavy (non-hydrogen) atoms. The van der Waals surface area contributed by atoms with Gasteiger partial charge in [-0.1, -0.05) is 6.07 Å². The number of Topliss-reactive ketones (excluding diaryl/α,β-unsaturated/α-hetero) is 1. The van der Waals surface area contributed by atoms with Gasteiger partial charge in [0.1, 0.15) is 0 Å². The highest BCUT2D eigenvalue weighted by Gasteiger charge is 2.33. The van der Waals surface area contributed by atoms with Crippen LogP contribution in [-0.4, -0.2) is 41.4 Å². The first-order chi connectivity index (χ1) is 12.8. The zero-order valence-electron chi connectivity index (χ0n) is 15.0. The SMILES string of the molecule is Cc1sc(C(=O)C[C@H]2CS(=O)(=O)CC[C@@H]2N)cc1-c1cnn2ccccc12. The Labute approximate surface area is 161 Å². The molecule has 0 spiro atoms. The van der Waals surface area contributed by atoms with Crippen LogP contribution in [0.1, 0.15) is 27.4 Å². The van der Waals surface area contributed by atoms with E-state index in [0.717, 1.165) is 21.5 Å². The van der Waals surface area contributed by atoms with E-state index in [2.05, 4.69) is 5.10 Å². The van der Waals surface area contributed by atoms with Gasteiger partial charge in [0, 0.05) is 29.1 Å². The number of rotatable bonds is 4. The molecule has 8 heteroatoms. The number of ketones is 1. The molecule has 2 atom stereocenters. The molecule has 1 fully saturated rings. The van der Waals surface area contributed by atoms with Gasteiger partial charge in [-0.2, -0.15) is 5.10 Å². The third-order valence-corrected chi connectivity index (χ3v) is 8.08. The van der Waals surface area contributed by atoms with E-state index < -0.39 is 9.84 Å². The van der Waals surface area contributed by atoms with Crippen LogP contribution in [-0.2, 0) is 9.84 Å². The molecule has 0 saturated carbocycles. The van der Waals surface area contributed by atoms with Crippen molar-refractivity contribution in [2.24, 2.45) is 11.7 Å². The zero-order valence-corrected chi connectivity index (χ0v) is 16.6. The predicted octanol–water partition coefficient (Wildman–Crippen LogP) is 2.71. The minimum Gasteiger partial charge on any atom is -0.327 e. The van der Waals surface area contributed by atoms with Gasteiger partial charge in [-0.05, 0) is 43.0 Å². The minimum atomic E-state index is -3.10. The van der Waals surface area contributed by atoms with Gasteiger partial charge in [-0.25, -0.2) is 12.9 Å². The van der Waals surface area contributed by atoms with Gasteiger partial charge in [0.2, 0.25) is 0 Å². The predicted molar refractivity (Wildman–Crippen MR) is 107 cm³/mol. The third-order valence-electron chi connectivity index (χ3n) is 5.19. The Morgan fingerprint density at radius 2 is 2.19 bits per heavy atom. The van der Waals surface area contributed by atoms with Gasteiger partial charge in [0.15, 0.2) is 15.6 Å². The molecule has 0 amide bonds. The summed E-state index contributed by atoms with van der Waals surface area (Å²) in [5, 5.41) is 4.36. The molecule has 3 aromatic rings. The second kappa shape index (κ2) is 6.85. The van der Waals surface area contributed by atoms with Crippen LogP contribution in [0.4, 0.5) is 0 Å². The summed E-state index contributed by atoms with van der Waals surface area (Å²) in [5.41, 5.74) is 9.04. The van der Waals surface area contributed by atoms with E-state index in [1.165, 1.54) is 11.3 Å². The van der Waals surface area contributed by atoms with Crippen LogP contribution in [0.15, 0.2) is 36.7 Å². The maximum atomic E-state index is 12.8. The number of aryl methyl sites for hydroxylation is 1. The van der Waals surface area contributed by atoms with Crippen molar-refractivity contribution in [3.05, 3.63) is 46.4 Å². The summed E-state index contributed by atoms with van der Waals surface area (Å²) >= 11 is 1.44. The summed E-state index contributed by atoms with van der Waals surface area (Å²) in [6, 6.07) is 7.53. The number of nitrogens with zero attached hydrogens (tertiary/aromatic N) is 2. The molecular formula is C19H21N3O3S2. The average molecular weight is 404 g/mol. The number of nitrogens with two attached hydrogens (primary N) is 1. The highest BCUT2D eigenvalue weighted by atomic mass is 32.2. The lowest BCUT2D eigenvalue weighted by atomic mass is 9.93. The van der Waals surface area contributed by atoms with E-state index in [-0.39, 0.29) is 35.7 Å². The minimum absolute atomic E-state index is 0.00513. The molecule has 0 unspecified atom stereocenters. The van der Waals surface area contributed by atoms with Crippen LogP contribution in [0, 0.1) is 12.8 Å². The van der Waals surface area contributed by atoms with Crippen LogP contribution in [0.5, 0.6) is 0 Å². The largest absolute Gasteiger partial charge is 0.327 e. The quantitative estimate of drug-likeness (QED) is 0.676. The summed E-state index contributed by atoms with van der Waals surface area (Å²) in [5.74, 6) is -0.219. The summed E-state index contributed by atoms with van der Waals surface area (Å²) in [6.07, 6.45) is 4.30. The van der Waals surface area contributed by atoms with Crippen LogP contribution in [0.3, 0.4) is 0 Å². The van der Waals surface area contributed by atoms with Gasteiger partial charge >= 0.3 is 0 Å². The Kier molecular flexibility index (Phi) is 4.65. The number of hydrogen-bond donors (Lipinski definition) is 1. The van der Waals surface area contributed by atoms with Crippen LogP contribution in [0.25, 0.3) is 16.6 Å². The Balaban J connectivity index is 1.60. The van der Waals surface area contributed by atoms with Crippen molar-refractivity contribution in [2.75, 3.05) is 11.5 Å². The Hall–Kier alpha value is -2.03. The molecule has 0 bridgehead atoms. The maximum Gasteiger partial charge on any atom is 0.173 e. The number of thiophene rings is 1. The smallest absolute Gasteiger partial charge is 0.173 e. The van der Waals surface area contributed by atoms with Crippen molar-refractivity contribution >= 4 is 32.5 Å². The number of pyridine rings is 1. The molecule has 0 radical (unpaired) electrons. The van der Waals surface area contributed by atoms with Gasteiger partial charge in [-0.3, -0.25) is 4.79 Å². The fourth-order valence-electron chi connectivity index (χ4n) is 3.66. The number of sulfone groups is 1. The number of hydrogen-bond acceptors (Lipinski definition) is 6. The molecule has 3 aromatic heterocycles. The molecule has 1 aliphatic rings. The molecule has 142 valence electrons. The second-order valence-electron chi connectivity index (χ2n) is 7.12. The lowest BCUT2D eigenvalue weighted by molar-refractivity contribution is 0.0962. The van der Waals surface area contributed by atoms with E-state index in [1.807, 2.05) is 43.6 Å². The number of carbonyl (C=O) groups is 1. The molecule has 4 heterocycles. The molecular weight excluding hydrogens is 382 g/mol. The number of carbonyl (C=O) groups excluding carboxylic acids is 1. The standard InChI is InChI=1S/C19H21N3O3S2/c1-12-14(15-10-21-22-6-3-2-4-17(15)22)9-19(26-12)18(23)8-13-11-27(24,25)7-5-16(13)20/h2-4,6,9-10,13,16H,5,7-8,11,20H2,1H3/t13-,16-/m0/s1. The van der Waals surface area contributed by atoms with E-state index in [4.69, 9.17) is 5.73 Å². The van der Waals surface area contributed by atoms with Crippen molar-refractivity contribution in [3.63, 3.8) is 0 Å². The normalized spacial score (nSPS) is 22.1. The Morgan fingerprint density at radius 3 is 3.00 bits per heavy atom. The third kappa shape index (κ3) is 3.56. The summed E-state index contributed by atoms with van der Waals surface area (Å²) < 4.78 is 25.6. The molecule has 6 nitrogen and oxygen atoms in total. The van der Waals surface area contributed by atoms with Gasteiger partial charge in [0.25, 0.3) is 0 Å². The molecule has 1 saturated heterocycles. The van der Waals surface area contributed by atoms with Crippen molar-refractivity contribution in [1.29, 1.82) is 0 Å². The van der Waals surface area contributed by atoms with Crippen molar-refractivity contribution in [1.82, 2.24) is 9.61 Å². The summed E-state index contributed by atoms with van der Waals surface area (Å²) in [4.78, 5) is 14.5. The van der Waals surface area contributed by atoms with Crippen LogP contribution >= 0.6 is 11.3 Å². The number of fused-ring (bicyclic) bond motifs is 1. The van der Waals surface area contributed by atoms with Crippen molar-refractivity contribution in [3.8, 4) is 11.1 Å². The fraction of sp³-hybridized carbons (Fsp3) is 0.368. The van der Waals surface area contributed by atoms with Crippen molar-refractivity contribution in [2.45, 2.75) is 25.8 Å². The first kappa shape index (κ1) is 18.3. The van der Waals surface area contributed by atoms with E-state index in [0.29, 0.717) is 11.3 Å². The monoisotopic (exact) mass is 403 g/mol. The topological polar surface area (TPSA) is 94.5 Å².